The zero-order valence-electron chi connectivity index (χ0n) is 19.2. The third kappa shape index (κ3) is 3.18. The van der Waals surface area contributed by atoms with E-state index in [-0.39, 0.29) is 6.10 Å². The van der Waals surface area contributed by atoms with Gasteiger partial charge in [-0.1, -0.05) is 18.2 Å². The summed E-state index contributed by atoms with van der Waals surface area (Å²) in [5.41, 5.74) is 4.01. The summed E-state index contributed by atoms with van der Waals surface area (Å²) >= 11 is 0. The molecule has 3 aromatic heterocycles. The van der Waals surface area contributed by atoms with Crippen molar-refractivity contribution in [1.82, 2.24) is 19.7 Å². The van der Waals surface area contributed by atoms with Crippen molar-refractivity contribution in [3.63, 3.8) is 0 Å². The molecule has 7 heteroatoms. The quantitative estimate of drug-likeness (QED) is 0.331. The number of para-hydroxylation sites is 1. The lowest BCUT2D eigenvalue weighted by Crippen LogP contribution is -2.46. The molecule has 0 amide bonds. The molecule has 7 rings (SSSR count). The zero-order chi connectivity index (χ0) is 22.7. The molecule has 174 valence electrons. The molecule has 2 aliphatic carbocycles. The van der Waals surface area contributed by atoms with Crippen molar-refractivity contribution in [2.24, 2.45) is 5.92 Å². The fourth-order valence-electron chi connectivity index (χ4n) is 5.98. The van der Waals surface area contributed by atoms with Crippen molar-refractivity contribution in [1.29, 1.82) is 0 Å². The first-order valence-corrected chi connectivity index (χ1v) is 12.2. The number of rotatable bonds is 7. The minimum Gasteiger partial charge on any atom is -0.491 e. The molecule has 34 heavy (non-hydrogen) atoms. The second-order valence-corrected chi connectivity index (χ2v) is 9.78. The number of benzene rings is 1. The predicted molar refractivity (Wildman–Crippen MR) is 129 cm³/mol. The van der Waals surface area contributed by atoms with Gasteiger partial charge in [-0.2, -0.15) is 0 Å². The summed E-state index contributed by atoms with van der Waals surface area (Å²) in [4.78, 5) is 9.63. The third-order valence-electron chi connectivity index (χ3n) is 7.94. The van der Waals surface area contributed by atoms with Gasteiger partial charge in [-0.15, -0.1) is 0 Å². The first kappa shape index (κ1) is 20.2. The van der Waals surface area contributed by atoms with Gasteiger partial charge in [0.15, 0.2) is 0 Å². The molecule has 4 aromatic rings. The summed E-state index contributed by atoms with van der Waals surface area (Å²) in [6.45, 7) is 1.06. The van der Waals surface area contributed by atoms with Crippen LogP contribution in [-0.2, 0) is 4.74 Å². The van der Waals surface area contributed by atoms with Crippen molar-refractivity contribution in [3.8, 4) is 22.9 Å². The van der Waals surface area contributed by atoms with Crippen LogP contribution in [0.2, 0.25) is 0 Å². The Labute approximate surface area is 198 Å². The van der Waals surface area contributed by atoms with E-state index in [1.54, 1.807) is 7.11 Å². The number of nitrogens with one attached hydrogen (secondary N) is 1. The largest absolute Gasteiger partial charge is 0.491 e. The SMILES string of the molecule is COCCOc1ccn2c(-c3ccc4cccc(OC5CC6CCC67NC7C5)c4n3)cnc2c1. The molecular weight excluding hydrogens is 428 g/mol. The molecule has 4 heterocycles. The highest BCUT2D eigenvalue weighted by Gasteiger charge is 2.66. The predicted octanol–water partition coefficient (Wildman–Crippen LogP) is 4.24. The lowest BCUT2D eigenvalue weighted by Gasteiger charge is -2.42. The molecular formula is C27H28N4O3. The first-order valence-electron chi connectivity index (χ1n) is 12.2. The molecule has 4 unspecified atom stereocenters. The number of ether oxygens (including phenoxy) is 3. The number of hydrogen-bond acceptors (Lipinski definition) is 6. The molecule has 3 fully saturated rings. The third-order valence-corrected chi connectivity index (χ3v) is 7.94. The van der Waals surface area contributed by atoms with Gasteiger partial charge in [0.05, 0.1) is 24.2 Å². The van der Waals surface area contributed by atoms with Gasteiger partial charge >= 0.3 is 0 Å². The number of imidazole rings is 1. The van der Waals surface area contributed by atoms with Gasteiger partial charge in [0, 0.05) is 42.8 Å². The average Bonchev–Trinajstić information content (AvgIpc) is 3.47. The number of pyridine rings is 2. The summed E-state index contributed by atoms with van der Waals surface area (Å²) in [5, 5.41) is 4.82. The topological polar surface area (TPSA) is 79.8 Å². The van der Waals surface area contributed by atoms with E-state index in [0.717, 1.165) is 58.2 Å². The van der Waals surface area contributed by atoms with Crippen LogP contribution < -0.4 is 14.8 Å². The van der Waals surface area contributed by atoms with E-state index in [1.807, 2.05) is 28.9 Å². The summed E-state index contributed by atoms with van der Waals surface area (Å²) in [6.07, 6.45) is 8.99. The van der Waals surface area contributed by atoms with Crippen molar-refractivity contribution < 1.29 is 14.2 Å². The van der Waals surface area contributed by atoms with E-state index in [0.29, 0.717) is 24.8 Å². The highest BCUT2D eigenvalue weighted by atomic mass is 16.5. The van der Waals surface area contributed by atoms with Crippen LogP contribution in [0.5, 0.6) is 11.5 Å². The summed E-state index contributed by atoms with van der Waals surface area (Å²) in [5.74, 6) is 2.42. The lowest BCUT2D eigenvalue weighted by molar-refractivity contribution is 0.0731. The highest BCUT2D eigenvalue weighted by Crippen LogP contribution is 2.57. The van der Waals surface area contributed by atoms with Crippen molar-refractivity contribution in [2.75, 3.05) is 20.3 Å². The molecule has 4 atom stereocenters. The highest BCUT2D eigenvalue weighted by molar-refractivity contribution is 5.86. The summed E-state index contributed by atoms with van der Waals surface area (Å²) in [6, 6.07) is 14.9. The van der Waals surface area contributed by atoms with Crippen LogP contribution in [0.4, 0.5) is 0 Å². The number of nitrogens with zero attached hydrogens (tertiary/aromatic N) is 3. The summed E-state index contributed by atoms with van der Waals surface area (Å²) < 4.78 is 19.4. The van der Waals surface area contributed by atoms with Crippen LogP contribution in [0.1, 0.15) is 25.7 Å². The first-order chi connectivity index (χ1) is 16.7. The molecule has 7 nitrogen and oxygen atoms in total. The molecule has 1 saturated heterocycles. The van der Waals surface area contributed by atoms with Gasteiger partial charge in [-0.25, -0.2) is 9.97 Å². The molecule has 1 aromatic carbocycles. The molecule has 0 bridgehead atoms. The van der Waals surface area contributed by atoms with Crippen LogP contribution in [-0.4, -0.2) is 52.4 Å². The van der Waals surface area contributed by atoms with Crippen LogP contribution in [0.3, 0.4) is 0 Å². The molecule has 1 N–H and O–H groups in total. The van der Waals surface area contributed by atoms with Crippen LogP contribution in [0.15, 0.2) is 54.9 Å². The zero-order valence-corrected chi connectivity index (χ0v) is 19.2. The van der Waals surface area contributed by atoms with Gasteiger partial charge in [0.25, 0.3) is 0 Å². The van der Waals surface area contributed by atoms with Crippen molar-refractivity contribution >= 4 is 16.6 Å². The normalized spacial score (nSPS) is 27.1. The van der Waals surface area contributed by atoms with Crippen molar-refractivity contribution in [3.05, 3.63) is 54.9 Å². The average molecular weight is 457 g/mol. The summed E-state index contributed by atoms with van der Waals surface area (Å²) in [7, 11) is 1.67. The Bertz CT molecular complexity index is 1390. The molecule has 1 aliphatic heterocycles. The van der Waals surface area contributed by atoms with Crippen LogP contribution in [0, 0.1) is 5.92 Å². The van der Waals surface area contributed by atoms with Gasteiger partial charge < -0.3 is 19.5 Å². The Kier molecular flexibility index (Phi) is 4.57. The van der Waals surface area contributed by atoms with Gasteiger partial charge in [0.2, 0.25) is 0 Å². The van der Waals surface area contributed by atoms with Gasteiger partial charge in [-0.05, 0) is 43.4 Å². The minimum atomic E-state index is 0.252. The molecule has 1 spiro atoms. The lowest BCUT2D eigenvalue weighted by atomic mass is 9.64. The second-order valence-electron chi connectivity index (χ2n) is 9.78. The van der Waals surface area contributed by atoms with E-state index in [4.69, 9.17) is 19.2 Å². The fraction of sp³-hybridized carbons (Fsp3) is 0.407. The van der Waals surface area contributed by atoms with Crippen LogP contribution >= 0.6 is 0 Å². The van der Waals surface area contributed by atoms with E-state index < -0.39 is 0 Å². The Morgan fingerprint density at radius 2 is 2.12 bits per heavy atom. The monoisotopic (exact) mass is 456 g/mol. The number of hydrogen-bond donors (Lipinski definition) is 1. The minimum absolute atomic E-state index is 0.252. The Morgan fingerprint density at radius 1 is 1.15 bits per heavy atom. The molecule has 3 aliphatic rings. The smallest absolute Gasteiger partial charge is 0.145 e. The number of aromatic nitrogens is 3. The number of methoxy groups -OCH3 is 1. The van der Waals surface area contributed by atoms with Gasteiger partial charge in [-0.3, -0.25) is 4.40 Å². The standard InChI is InChI=1S/C27H28N4O3/c1-32-11-12-33-19-8-10-31-22(16-28-25(31)15-19)21-6-5-17-3-2-4-23(26(17)29-21)34-20-13-18-7-9-27(18)24(14-20)30-27/h2-6,8,10,15-16,18,20,24,30H,7,9,11-14H2,1H3. The Morgan fingerprint density at radius 3 is 2.97 bits per heavy atom. The fourth-order valence-corrected chi connectivity index (χ4v) is 5.98. The van der Waals surface area contributed by atoms with Crippen molar-refractivity contribution in [2.45, 2.75) is 43.4 Å². The Hall–Kier alpha value is -3.16. The maximum absolute atomic E-state index is 6.59. The van der Waals surface area contributed by atoms with E-state index in [1.165, 1.54) is 12.8 Å². The van der Waals surface area contributed by atoms with E-state index in [2.05, 4.69) is 40.6 Å². The van der Waals surface area contributed by atoms with Crippen LogP contribution in [0.25, 0.3) is 27.9 Å². The number of fused-ring (bicyclic) bond motifs is 2. The maximum atomic E-state index is 6.59. The molecule has 0 radical (unpaired) electrons. The maximum Gasteiger partial charge on any atom is 0.145 e. The van der Waals surface area contributed by atoms with E-state index in [9.17, 15) is 0 Å². The van der Waals surface area contributed by atoms with Gasteiger partial charge in [0.1, 0.15) is 35.4 Å². The van der Waals surface area contributed by atoms with E-state index >= 15 is 0 Å². The molecule has 2 saturated carbocycles. The second kappa shape index (κ2) is 7.68. The Balaban J connectivity index is 1.18.